The Hall–Kier alpha value is -1.02. The maximum absolute atomic E-state index is 5.57. The van der Waals surface area contributed by atoms with Crippen molar-refractivity contribution in [3.63, 3.8) is 0 Å². The van der Waals surface area contributed by atoms with E-state index in [1.54, 1.807) is 0 Å². The first-order valence-corrected chi connectivity index (χ1v) is 5.18. The van der Waals surface area contributed by atoms with Gasteiger partial charge in [-0.1, -0.05) is 19.1 Å². The predicted molar refractivity (Wildman–Crippen MR) is 59.5 cm³/mol. The van der Waals surface area contributed by atoms with Gasteiger partial charge in [0.05, 0.1) is 6.61 Å². The zero-order valence-electron chi connectivity index (χ0n) is 8.99. The highest BCUT2D eigenvalue weighted by molar-refractivity contribution is 5.27. The predicted octanol–water partition coefficient (Wildman–Crippen LogP) is 2.22. The number of ether oxygens (including phenoxy) is 1. The van der Waals surface area contributed by atoms with E-state index in [2.05, 4.69) is 19.1 Å². The van der Waals surface area contributed by atoms with Crippen LogP contribution in [0.2, 0.25) is 0 Å². The van der Waals surface area contributed by atoms with Crippen LogP contribution >= 0.6 is 0 Å². The van der Waals surface area contributed by atoms with Gasteiger partial charge in [0.1, 0.15) is 5.75 Å². The van der Waals surface area contributed by atoms with Gasteiger partial charge in [-0.3, -0.25) is 0 Å². The maximum atomic E-state index is 5.57. The summed E-state index contributed by atoms with van der Waals surface area (Å²) in [6.07, 6.45) is 1.04. The molecule has 2 nitrogen and oxygen atoms in total. The third kappa shape index (κ3) is 3.38. The number of benzene rings is 1. The molecular weight excluding hydrogens is 174 g/mol. The molecule has 0 aromatic heterocycles. The molecular formula is C12H19NO. The molecule has 2 heteroatoms. The van der Waals surface area contributed by atoms with Gasteiger partial charge in [-0.15, -0.1) is 0 Å². The second kappa shape index (κ2) is 5.66. The Labute approximate surface area is 86.1 Å². The average molecular weight is 193 g/mol. The lowest BCUT2D eigenvalue weighted by atomic mass is 10.0. The topological polar surface area (TPSA) is 35.2 Å². The summed E-state index contributed by atoms with van der Waals surface area (Å²) in [7, 11) is 0. The monoisotopic (exact) mass is 193 g/mol. The van der Waals surface area contributed by atoms with E-state index in [4.69, 9.17) is 10.5 Å². The second-order valence-electron chi connectivity index (χ2n) is 3.62. The molecule has 0 spiro atoms. The minimum Gasteiger partial charge on any atom is -0.494 e. The van der Waals surface area contributed by atoms with E-state index in [9.17, 15) is 0 Å². The highest BCUT2D eigenvalue weighted by Gasteiger charge is 2.01. The zero-order chi connectivity index (χ0) is 10.4. The number of hydrogen-bond donors (Lipinski definition) is 1. The van der Waals surface area contributed by atoms with Crippen molar-refractivity contribution in [1.29, 1.82) is 0 Å². The molecule has 1 rings (SSSR count). The van der Waals surface area contributed by atoms with Crippen LogP contribution in [0.4, 0.5) is 0 Å². The van der Waals surface area contributed by atoms with E-state index in [1.807, 2.05) is 19.1 Å². The standard InChI is InChI=1S/C12H19NO/c1-3-14-12-6-4-11(5-7-12)8-10(2)9-13/h4-7,10H,3,8-9,13H2,1-2H3/t10-/m0/s1. The normalized spacial score (nSPS) is 12.5. The van der Waals surface area contributed by atoms with Crippen LogP contribution in [0.15, 0.2) is 24.3 Å². The highest BCUT2D eigenvalue weighted by Crippen LogP contribution is 2.14. The number of hydrogen-bond acceptors (Lipinski definition) is 2. The van der Waals surface area contributed by atoms with Gasteiger partial charge in [0, 0.05) is 0 Å². The molecule has 0 aliphatic heterocycles. The van der Waals surface area contributed by atoms with E-state index in [0.29, 0.717) is 5.92 Å². The van der Waals surface area contributed by atoms with Crippen LogP contribution in [0.5, 0.6) is 5.75 Å². The molecule has 1 aromatic rings. The molecule has 0 unspecified atom stereocenters. The summed E-state index contributed by atoms with van der Waals surface area (Å²) >= 11 is 0. The third-order valence-electron chi connectivity index (χ3n) is 2.22. The van der Waals surface area contributed by atoms with Crippen molar-refractivity contribution in [2.75, 3.05) is 13.2 Å². The van der Waals surface area contributed by atoms with E-state index in [1.165, 1.54) is 5.56 Å². The van der Waals surface area contributed by atoms with Crippen LogP contribution in [0.25, 0.3) is 0 Å². The SMILES string of the molecule is CCOc1ccc(C[C@H](C)CN)cc1. The molecule has 0 bridgehead atoms. The molecule has 0 amide bonds. The van der Waals surface area contributed by atoms with Gasteiger partial charge in [0.15, 0.2) is 0 Å². The van der Waals surface area contributed by atoms with E-state index < -0.39 is 0 Å². The minimum absolute atomic E-state index is 0.549. The van der Waals surface area contributed by atoms with Crippen molar-refractivity contribution in [2.45, 2.75) is 20.3 Å². The molecule has 0 heterocycles. The molecule has 2 N–H and O–H groups in total. The molecule has 14 heavy (non-hydrogen) atoms. The number of rotatable bonds is 5. The lowest BCUT2D eigenvalue weighted by molar-refractivity contribution is 0.340. The molecule has 0 radical (unpaired) electrons. The largest absolute Gasteiger partial charge is 0.494 e. The fourth-order valence-corrected chi connectivity index (χ4v) is 1.37. The Balaban J connectivity index is 2.54. The Bertz CT molecular complexity index is 256. The first-order valence-electron chi connectivity index (χ1n) is 5.18. The Kier molecular flexibility index (Phi) is 4.47. The molecule has 1 atom stereocenters. The van der Waals surface area contributed by atoms with Crippen molar-refractivity contribution in [1.82, 2.24) is 0 Å². The molecule has 78 valence electrons. The molecule has 0 saturated carbocycles. The van der Waals surface area contributed by atoms with Gasteiger partial charge in [-0.25, -0.2) is 0 Å². The van der Waals surface area contributed by atoms with Crippen molar-refractivity contribution in [3.8, 4) is 5.75 Å². The van der Waals surface area contributed by atoms with Gasteiger partial charge in [0.2, 0.25) is 0 Å². The molecule has 1 aromatic carbocycles. The fraction of sp³-hybridized carbons (Fsp3) is 0.500. The number of nitrogens with two attached hydrogens (primary N) is 1. The third-order valence-corrected chi connectivity index (χ3v) is 2.22. The van der Waals surface area contributed by atoms with Crippen LogP contribution in [-0.4, -0.2) is 13.2 Å². The average Bonchev–Trinajstić information content (AvgIpc) is 2.21. The van der Waals surface area contributed by atoms with Crippen molar-refractivity contribution < 1.29 is 4.74 Å². The van der Waals surface area contributed by atoms with Crippen LogP contribution in [0.1, 0.15) is 19.4 Å². The van der Waals surface area contributed by atoms with E-state index in [-0.39, 0.29) is 0 Å². The van der Waals surface area contributed by atoms with Gasteiger partial charge < -0.3 is 10.5 Å². The summed E-state index contributed by atoms with van der Waals surface area (Å²) in [5.41, 5.74) is 6.90. The van der Waals surface area contributed by atoms with Crippen LogP contribution in [0, 0.1) is 5.92 Å². The summed E-state index contributed by atoms with van der Waals surface area (Å²) in [6.45, 7) is 5.62. The van der Waals surface area contributed by atoms with E-state index in [0.717, 1.165) is 25.3 Å². The second-order valence-corrected chi connectivity index (χ2v) is 3.62. The van der Waals surface area contributed by atoms with Crippen LogP contribution in [-0.2, 0) is 6.42 Å². The Morgan fingerprint density at radius 3 is 2.43 bits per heavy atom. The zero-order valence-corrected chi connectivity index (χ0v) is 8.99. The van der Waals surface area contributed by atoms with Gasteiger partial charge in [0.25, 0.3) is 0 Å². The first-order chi connectivity index (χ1) is 6.76. The van der Waals surface area contributed by atoms with Crippen LogP contribution < -0.4 is 10.5 Å². The van der Waals surface area contributed by atoms with E-state index >= 15 is 0 Å². The molecule has 0 saturated heterocycles. The summed E-state index contributed by atoms with van der Waals surface area (Å²) in [6, 6.07) is 8.25. The first kappa shape index (κ1) is 11.1. The summed E-state index contributed by atoms with van der Waals surface area (Å²) in [5.74, 6) is 1.49. The summed E-state index contributed by atoms with van der Waals surface area (Å²) in [4.78, 5) is 0. The Morgan fingerprint density at radius 2 is 1.93 bits per heavy atom. The Morgan fingerprint density at radius 1 is 1.29 bits per heavy atom. The fourth-order valence-electron chi connectivity index (χ4n) is 1.37. The molecule has 0 aliphatic carbocycles. The van der Waals surface area contributed by atoms with Crippen molar-refractivity contribution >= 4 is 0 Å². The lowest BCUT2D eigenvalue weighted by Crippen LogP contribution is -2.12. The maximum Gasteiger partial charge on any atom is 0.119 e. The quantitative estimate of drug-likeness (QED) is 0.778. The van der Waals surface area contributed by atoms with Gasteiger partial charge >= 0.3 is 0 Å². The van der Waals surface area contributed by atoms with Crippen LogP contribution in [0.3, 0.4) is 0 Å². The summed E-state index contributed by atoms with van der Waals surface area (Å²) < 4.78 is 5.37. The molecule has 0 aliphatic rings. The van der Waals surface area contributed by atoms with Crippen molar-refractivity contribution in [2.24, 2.45) is 11.7 Å². The lowest BCUT2D eigenvalue weighted by Gasteiger charge is -2.09. The summed E-state index contributed by atoms with van der Waals surface area (Å²) in [5, 5.41) is 0. The van der Waals surface area contributed by atoms with Gasteiger partial charge in [-0.05, 0) is 43.5 Å². The van der Waals surface area contributed by atoms with Gasteiger partial charge in [-0.2, -0.15) is 0 Å². The molecule has 0 fully saturated rings. The smallest absolute Gasteiger partial charge is 0.119 e. The highest BCUT2D eigenvalue weighted by atomic mass is 16.5. The van der Waals surface area contributed by atoms with Crippen molar-refractivity contribution in [3.05, 3.63) is 29.8 Å². The minimum atomic E-state index is 0.549.